The number of carbonyl (C=O) groups is 2. The maximum absolute atomic E-state index is 12.8. The van der Waals surface area contributed by atoms with E-state index in [-0.39, 0.29) is 23.9 Å². The fraction of sp³-hybridized carbons (Fsp3) is 0.500. The highest BCUT2D eigenvalue weighted by molar-refractivity contribution is 7.92. The van der Waals surface area contributed by atoms with Crippen molar-refractivity contribution < 1.29 is 23.1 Å². The molecule has 1 aliphatic rings. The van der Waals surface area contributed by atoms with Crippen LogP contribution < -0.4 is 4.72 Å². The lowest BCUT2D eigenvalue weighted by atomic mass is 9.93. The van der Waals surface area contributed by atoms with Gasteiger partial charge in [-0.15, -0.1) is 0 Å². The summed E-state index contributed by atoms with van der Waals surface area (Å²) in [5.41, 5.74) is 1.44. The van der Waals surface area contributed by atoms with Gasteiger partial charge >= 0.3 is 5.97 Å². The smallest absolute Gasteiger partial charge is 0.303 e. The number of carboxylic acids is 1. The summed E-state index contributed by atoms with van der Waals surface area (Å²) in [5, 5.41) is 8.85. The zero-order chi connectivity index (χ0) is 17.9. The van der Waals surface area contributed by atoms with Gasteiger partial charge in [-0.3, -0.25) is 14.3 Å². The van der Waals surface area contributed by atoms with Crippen LogP contribution in [-0.4, -0.2) is 49.6 Å². The first-order valence-corrected chi connectivity index (χ1v) is 9.64. The normalized spacial score (nSPS) is 16.0. The molecule has 1 fully saturated rings. The van der Waals surface area contributed by atoms with Gasteiger partial charge in [0.05, 0.1) is 17.5 Å². The molecule has 1 aromatic carbocycles. The van der Waals surface area contributed by atoms with Crippen LogP contribution in [0.5, 0.6) is 0 Å². The van der Waals surface area contributed by atoms with Crippen LogP contribution in [0.15, 0.2) is 18.2 Å². The number of likely N-dealkylation sites (tertiary alicyclic amines) is 1. The second kappa shape index (κ2) is 7.21. The van der Waals surface area contributed by atoms with Gasteiger partial charge in [0, 0.05) is 19.5 Å². The molecule has 0 bridgehead atoms. The second-order valence-electron chi connectivity index (χ2n) is 6.26. The van der Waals surface area contributed by atoms with Crippen molar-refractivity contribution in [2.75, 3.05) is 24.1 Å². The van der Waals surface area contributed by atoms with Crippen molar-refractivity contribution in [1.82, 2.24) is 4.90 Å². The Labute approximate surface area is 141 Å². The van der Waals surface area contributed by atoms with Crippen LogP contribution in [0, 0.1) is 12.8 Å². The number of carbonyl (C=O) groups excluding carboxylic acids is 1. The topological polar surface area (TPSA) is 104 Å². The standard InChI is InChI=1S/C16H22N2O5S/c1-11-3-4-14(17-24(2,22)23)13(9-11)16(21)18-7-5-12(6-8-18)10-15(19)20/h3-4,9,12,17H,5-8,10H2,1-2H3,(H,19,20). The van der Waals surface area contributed by atoms with Crippen molar-refractivity contribution in [2.45, 2.75) is 26.2 Å². The number of nitrogens with one attached hydrogen (secondary N) is 1. The summed E-state index contributed by atoms with van der Waals surface area (Å²) in [6, 6.07) is 4.99. The Morgan fingerprint density at radius 2 is 1.92 bits per heavy atom. The molecule has 1 amide bonds. The number of piperidine rings is 1. The summed E-state index contributed by atoms with van der Waals surface area (Å²) in [6.07, 6.45) is 2.43. The van der Waals surface area contributed by atoms with Crippen LogP contribution in [0.1, 0.15) is 35.2 Å². The van der Waals surface area contributed by atoms with Gasteiger partial charge in [0.15, 0.2) is 0 Å². The van der Waals surface area contributed by atoms with Gasteiger partial charge in [-0.1, -0.05) is 11.6 Å². The van der Waals surface area contributed by atoms with Gasteiger partial charge < -0.3 is 10.0 Å². The number of carboxylic acid groups (broad SMARTS) is 1. The molecule has 1 aliphatic heterocycles. The molecular formula is C16H22N2O5S. The maximum Gasteiger partial charge on any atom is 0.303 e. The number of nitrogens with zero attached hydrogens (tertiary/aromatic N) is 1. The van der Waals surface area contributed by atoms with Crippen LogP contribution in [0.4, 0.5) is 5.69 Å². The Morgan fingerprint density at radius 3 is 2.46 bits per heavy atom. The molecule has 132 valence electrons. The zero-order valence-corrected chi connectivity index (χ0v) is 14.6. The van der Waals surface area contributed by atoms with E-state index in [0.717, 1.165) is 11.8 Å². The molecule has 7 nitrogen and oxygen atoms in total. The van der Waals surface area contributed by atoms with Gasteiger partial charge in [0.2, 0.25) is 10.0 Å². The summed E-state index contributed by atoms with van der Waals surface area (Å²) >= 11 is 0. The number of hydrogen-bond acceptors (Lipinski definition) is 4. The fourth-order valence-electron chi connectivity index (χ4n) is 2.88. The summed E-state index contributed by atoms with van der Waals surface area (Å²) in [6.45, 7) is 2.78. The van der Waals surface area contributed by atoms with E-state index in [9.17, 15) is 18.0 Å². The Morgan fingerprint density at radius 1 is 1.29 bits per heavy atom. The summed E-state index contributed by atoms with van der Waals surface area (Å²) in [4.78, 5) is 25.2. The Kier molecular flexibility index (Phi) is 5.48. The van der Waals surface area contributed by atoms with Crippen molar-refractivity contribution in [3.8, 4) is 0 Å². The average Bonchev–Trinajstić information content (AvgIpc) is 2.47. The van der Waals surface area contributed by atoms with Crippen molar-refractivity contribution in [1.29, 1.82) is 0 Å². The van der Waals surface area contributed by atoms with Gasteiger partial charge in [0.1, 0.15) is 0 Å². The molecular weight excluding hydrogens is 332 g/mol. The van der Waals surface area contributed by atoms with Gasteiger partial charge in [-0.25, -0.2) is 8.42 Å². The number of hydrogen-bond donors (Lipinski definition) is 2. The Hall–Kier alpha value is -2.09. The van der Waals surface area contributed by atoms with Crippen LogP contribution in [0.25, 0.3) is 0 Å². The average molecular weight is 354 g/mol. The molecule has 0 aliphatic carbocycles. The number of amides is 1. The molecule has 1 aromatic rings. The monoisotopic (exact) mass is 354 g/mol. The number of sulfonamides is 1. The first kappa shape index (κ1) is 18.3. The molecule has 1 saturated heterocycles. The molecule has 0 aromatic heterocycles. The fourth-order valence-corrected chi connectivity index (χ4v) is 3.46. The third-order valence-electron chi connectivity index (χ3n) is 4.07. The van der Waals surface area contributed by atoms with E-state index in [1.807, 2.05) is 6.92 Å². The van der Waals surface area contributed by atoms with Crippen molar-refractivity contribution in [3.63, 3.8) is 0 Å². The summed E-state index contributed by atoms with van der Waals surface area (Å²) in [7, 11) is -3.49. The SMILES string of the molecule is Cc1ccc(NS(C)(=O)=O)c(C(=O)N2CCC(CC(=O)O)CC2)c1. The lowest BCUT2D eigenvalue weighted by Crippen LogP contribution is -2.39. The molecule has 0 atom stereocenters. The van der Waals surface area contributed by atoms with Crippen LogP contribution >= 0.6 is 0 Å². The number of aliphatic carboxylic acids is 1. The molecule has 0 saturated carbocycles. The highest BCUT2D eigenvalue weighted by atomic mass is 32.2. The quantitative estimate of drug-likeness (QED) is 0.837. The number of anilines is 1. The predicted octanol–water partition coefficient (Wildman–Crippen LogP) is 1.69. The largest absolute Gasteiger partial charge is 0.481 e. The highest BCUT2D eigenvalue weighted by Crippen LogP contribution is 2.25. The minimum Gasteiger partial charge on any atom is -0.481 e. The van der Waals surface area contributed by atoms with E-state index in [4.69, 9.17) is 5.11 Å². The molecule has 1 heterocycles. The molecule has 0 radical (unpaired) electrons. The van der Waals surface area contributed by atoms with Crippen LogP contribution in [-0.2, 0) is 14.8 Å². The Balaban J connectivity index is 2.15. The van der Waals surface area contributed by atoms with E-state index < -0.39 is 16.0 Å². The van der Waals surface area contributed by atoms with Crippen molar-refractivity contribution in [3.05, 3.63) is 29.3 Å². The van der Waals surface area contributed by atoms with Crippen LogP contribution in [0.3, 0.4) is 0 Å². The maximum atomic E-state index is 12.8. The van der Waals surface area contributed by atoms with E-state index >= 15 is 0 Å². The second-order valence-corrected chi connectivity index (χ2v) is 8.01. The van der Waals surface area contributed by atoms with Gasteiger partial charge in [-0.2, -0.15) is 0 Å². The first-order chi connectivity index (χ1) is 11.2. The molecule has 0 spiro atoms. The summed E-state index contributed by atoms with van der Waals surface area (Å²) < 4.78 is 25.4. The minimum absolute atomic E-state index is 0.0812. The predicted molar refractivity (Wildman–Crippen MR) is 90.5 cm³/mol. The molecule has 0 unspecified atom stereocenters. The van der Waals surface area contributed by atoms with E-state index in [1.165, 1.54) is 0 Å². The van der Waals surface area contributed by atoms with E-state index in [1.54, 1.807) is 23.1 Å². The lowest BCUT2D eigenvalue weighted by Gasteiger charge is -2.32. The molecule has 2 N–H and O–H groups in total. The number of benzene rings is 1. The molecule has 8 heteroatoms. The van der Waals surface area contributed by atoms with Crippen LogP contribution in [0.2, 0.25) is 0 Å². The highest BCUT2D eigenvalue weighted by Gasteiger charge is 2.26. The van der Waals surface area contributed by atoms with Crippen molar-refractivity contribution >= 4 is 27.6 Å². The zero-order valence-electron chi connectivity index (χ0n) is 13.8. The van der Waals surface area contributed by atoms with E-state index in [0.29, 0.717) is 31.5 Å². The number of rotatable bonds is 5. The minimum atomic E-state index is -3.49. The third kappa shape index (κ3) is 4.95. The summed E-state index contributed by atoms with van der Waals surface area (Å²) in [5.74, 6) is -0.977. The third-order valence-corrected chi connectivity index (χ3v) is 4.66. The molecule has 2 rings (SSSR count). The Bertz CT molecular complexity index is 737. The van der Waals surface area contributed by atoms with Crippen molar-refractivity contribution in [2.24, 2.45) is 5.92 Å². The first-order valence-electron chi connectivity index (χ1n) is 7.75. The van der Waals surface area contributed by atoms with Gasteiger partial charge in [0.25, 0.3) is 5.91 Å². The molecule has 24 heavy (non-hydrogen) atoms. The lowest BCUT2D eigenvalue weighted by molar-refractivity contribution is -0.138. The van der Waals surface area contributed by atoms with E-state index in [2.05, 4.69) is 4.72 Å². The number of aryl methyl sites for hydroxylation is 1. The van der Waals surface area contributed by atoms with Gasteiger partial charge in [-0.05, 0) is 37.8 Å².